The Morgan fingerprint density at radius 3 is 2.17 bits per heavy atom. The molecule has 0 saturated carbocycles. The first-order valence-electron chi connectivity index (χ1n) is 4.75. The standard InChI is InChI=1S/C10H10NO6P/c1-7(12)10(18(15,16)17)6-8-2-4-9(5-3-8)11(13)14/h2-6H,1H3,(H2,15,16,17)/b10-6+. The summed E-state index contributed by atoms with van der Waals surface area (Å²) in [7, 11) is -4.65. The molecule has 0 fully saturated rings. The van der Waals surface area contributed by atoms with Gasteiger partial charge < -0.3 is 9.79 Å². The van der Waals surface area contributed by atoms with Crippen molar-refractivity contribution in [3.05, 3.63) is 45.3 Å². The van der Waals surface area contributed by atoms with Crippen LogP contribution in [0.5, 0.6) is 0 Å². The van der Waals surface area contributed by atoms with Crippen molar-refractivity contribution in [1.29, 1.82) is 0 Å². The number of Topliss-reactive ketones (excluding diaryl/α,β-unsaturated/α-hetero) is 1. The van der Waals surface area contributed by atoms with Crippen LogP contribution in [0.25, 0.3) is 6.08 Å². The number of hydrogen-bond acceptors (Lipinski definition) is 4. The third kappa shape index (κ3) is 3.59. The summed E-state index contributed by atoms with van der Waals surface area (Å²) >= 11 is 0. The fraction of sp³-hybridized carbons (Fsp3) is 0.100. The fourth-order valence-electron chi connectivity index (χ4n) is 1.24. The lowest BCUT2D eigenvalue weighted by Gasteiger charge is -2.05. The topological polar surface area (TPSA) is 118 Å². The van der Waals surface area contributed by atoms with E-state index < -0.39 is 23.6 Å². The summed E-state index contributed by atoms with van der Waals surface area (Å²) in [4.78, 5) is 38.9. The van der Waals surface area contributed by atoms with E-state index in [9.17, 15) is 19.5 Å². The lowest BCUT2D eigenvalue weighted by Crippen LogP contribution is -1.97. The van der Waals surface area contributed by atoms with Gasteiger partial charge in [-0.1, -0.05) is 0 Å². The number of rotatable bonds is 4. The molecule has 7 nitrogen and oxygen atoms in total. The number of nitro benzene ring substituents is 1. The van der Waals surface area contributed by atoms with Crippen LogP contribution in [0.1, 0.15) is 12.5 Å². The Kier molecular flexibility index (Phi) is 4.13. The van der Waals surface area contributed by atoms with E-state index >= 15 is 0 Å². The van der Waals surface area contributed by atoms with Crippen molar-refractivity contribution in [2.24, 2.45) is 0 Å². The Morgan fingerprint density at radius 2 is 1.83 bits per heavy atom. The van der Waals surface area contributed by atoms with Crippen LogP contribution in [0.2, 0.25) is 0 Å². The molecule has 2 N–H and O–H groups in total. The van der Waals surface area contributed by atoms with Gasteiger partial charge in [0.25, 0.3) is 5.69 Å². The Bertz CT molecular complexity index is 556. The molecule has 0 spiro atoms. The lowest BCUT2D eigenvalue weighted by atomic mass is 10.2. The van der Waals surface area contributed by atoms with Gasteiger partial charge in [0.1, 0.15) is 5.31 Å². The van der Waals surface area contributed by atoms with E-state index in [1.165, 1.54) is 24.3 Å². The number of hydrogen-bond donors (Lipinski definition) is 2. The summed E-state index contributed by atoms with van der Waals surface area (Å²) < 4.78 is 11.0. The van der Waals surface area contributed by atoms with E-state index in [1.807, 2.05) is 0 Å². The third-order valence-corrected chi connectivity index (χ3v) is 3.15. The third-order valence-electron chi connectivity index (χ3n) is 2.08. The monoisotopic (exact) mass is 271 g/mol. The van der Waals surface area contributed by atoms with Crippen molar-refractivity contribution < 1.29 is 24.1 Å². The number of allylic oxidation sites excluding steroid dienone is 1. The van der Waals surface area contributed by atoms with Gasteiger partial charge in [-0.2, -0.15) is 0 Å². The second-order valence-corrected chi connectivity index (χ2v) is 5.05. The maximum atomic E-state index is 11.1. The highest BCUT2D eigenvalue weighted by Crippen LogP contribution is 2.46. The van der Waals surface area contributed by atoms with Crippen LogP contribution in [0.15, 0.2) is 29.6 Å². The van der Waals surface area contributed by atoms with Crippen molar-refractivity contribution in [2.45, 2.75) is 6.92 Å². The van der Waals surface area contributed by atoms with E-state index in [2.05, 4.69) is 0 Å². The first-order chi connectivity index (χ1) is 8.21. The van der Waals surface area contributed by atoms with E-state index in [0.29, 0.717) is 5.56 Å². The van der Waals surface area contributed by atoms with Gasteiger partial charge in [0, 0.05) is 12.1 Å². The highest BCUT2D eigenvalue weighted by Gasteiger charge is 2.24. The average Bonchev–Trinajstić information content (AvgIpc) is 2.24. The lowest BCUT2D eigenvalue weighted by molar-refractivity contribution is -0.384. The molecular weight excluding hydrogens is 261 g/mol. The summed E-state index contributed by atoms with van der Waals surface area (Å²) in [5.41, 5.74) is 0.154. The molecule has 0 heterocycles. The van der Waals surface area contributed by atoms with Crippen molar-refractivity contribution in [1.82, 2.24) is 0 Å². The molecule has 8 heteroatoms. The second kappa shape index (κ2) is 5.22. The smallest absolute Gasteiger partial charge is 0.321 e. The Morgan fingerprint density at radius 1 is 1.33 bits per heavy atom. The molecule has 1 aromatic carbocycles. The Labute approximate surface area is 102 Å². The number of non-ortho nitro benzene ring substituents is 1. The van der Waals surface area contributed by atoms with Crippen molar-refractivity contribution in [3.8, 4) is 0 Å². The normalized spacial score (nSPS) is 12.3. The molecule has 0 radical (unpaired) electrons. The molecular formula is C10H10NO6P. The number of nitrogens with zero attached hydrogens (tertiary/aromatic N) is 1. The maximum absolute atomic E-state index is 11.1. The number of benzene rings is 1. The van der Waals surface area contributed by atoms with Gasteiger partial charge in [0.15, 0.2) is 5.78 Å². The predicted octanol–water partition coefficient (Wildman–Crippen LogP) is 1.70. The zero-order valence-corrected chi connectivity index (χ0v) is 10.2. The molecule has 0 aliphatic heterocycles. The van der Waals surface area contributed by atoms with Crippen LogP contribution in [0.4, 0.5) is 5.69 Å². The van der Waals surface area contributed by atoms with E-state index in [-0.39, 0.29) is 5.69 Å². The van der Waals surface area contributed by atoms with E-state index in [1.54, 1.807) is 0 Å². The summed E-state index contributed by atoms with van der Waals surface area (Å²) in [5.74, 6) is -0.748. The minimum Gasteiger partial charge on any atom is -0.321 e. The Hall–Kier alpha value is -1.82. The molecule has 0 bridgehead atoms. The number of nitro groups is 1. The number of ketones is 1. The molecule has 1 rings (SSSR count). The molecule has 0 aliphatic carbocycles. The molecule has 1 aromatic rings. The van der Waals surface area contributed by atoms with Gasteiger partial charge in [0.05, 0.1) is 4.92 Å². The van der Waals surface area contributed by atoms with Gasteiger partial charge >= 0.3 is 7.60 Å². The van der Waals surface area contributed by atoms with Crippen LogP contribution in [0.3, 0.4) is 0 Å². The summed E-state index contributed by atoms with van der Waals surface area (Å²) in [6.45, 7) is 1.04. The zero-order valence-electron chi connectivity index (χ0n) is 9.31. The molecule has 0 amide bonds. The van der Waals surface area contributed by atoms with Crippen LogP contribution >= 0.6 is 7.60 Å². The Balaban J connectivity index is 3.18. The van der Waals surface area contributed by atoms with Crippen LogP contribution in [-0.4, -0.2) is 20.5 Å². The van der Waals surface area contributed by atoms with E-state index in [0.717, 1.165) is 13.0 Å². The predicted molar refractivity (Wildman–Crippen MR) is 63.8 cm³/mol. The van der Waals surface area contributed by atoms with Crippen LogP contribution < -0.4 is 0 Å². The van der Waals surface area contributed by atoms with E-state index in [4.69, 9.17) is 9.79 Å². The molecule has 18 heavy (non-hydrogen) atoms. The average molecular weight is 271 g/mol. The van der Waals surface area contributed by atoms with Crippen LogP contribution in [-0.2, 0) is 9.36 Å². The first kappa shape index (κ1) is 14.2. The minimum atomic E-state index is -4.65. The van der Waals surface area contributed by atoms with Gasteiger partial charge in [-0.05, 0) is 30.7 Å². The van der Waals surface area contributed by atoms with Crippen molar-refractivity contribution in [3.63, 3.8) is 0 Å². The van der Waals surface area contributed by atoms with Gasteiger partial charge in [-0.15, -0.1) is 0 Å². The minimum absolute atomic E-state index is 0.146. The molecule has 0 saturated heterocycles. The summed E-state index contributed by atoms with van der Waals surface area (Å²) in [5, 5.41) is 9.79. The van der Waals surface area contributed by atoms with Crippen molar-refractivity contribution >= 4 is 25.1 Å². The van der Waals surface area contributed by atoms with Crippen molar-refractivity contribution in [2.75, 3.05) is 0 Å². The van der Waals surface area contributed by atoms with Gasteiger partial charge in [0.2, 0.25) is 0 Å². The number of carbonyl (C=O) groups is 1. The molecule has 96 valence electrons. The summed E-state index contributed by atoms with van der Waals surface area (Å²) in [6.07, 6.45) is 1.02. The quantitative estimate of drug-likeness (QED) is 0.372. The van der Waals surface area contributed by atoms with Gasteiger partial charge in [-0.3, -0.25) is 19.5 Å². The highest BCUT2D eigenvalue weighted by atomic mass is 31.2. The highest BCUT2D eigenvalue weighted by molar-refractivity contribution is 7.58. The molecule has 0 aromatic heterocycles. The molecule has 0 aliphatic rings. The number of carbonyl (C=O) groups excluding carboxylic acids is 1. The maximum Gasteiger partial charge on any atom is 0.359 e. The zero-order chi connectivity index (χ0) is 13.9. The largest absolute Gasteiger partial charge is 0.359 e. The molecule has 0 atom stereocenters. The van der Waals surface area contributed by atoms with Gasteiger partial charge in [-0.25, -0.2) is 0 Å². The summed E-state index contributed by atoms with van der Waals surface area (Å²) in [6, 6.07) is 4.97. The second-order valence-electron chi connectivity index (χ2n) is 3.48. The fourth-order valence-corrected chi connectivity index (χ4v) is 1.97. The van der Waals surface area contributed by atoms with Crippen LogP contribution in [0, 0.1) is 10.1 Å². The SMILES string of the molecule is CC(=O)/C(=C\c1ccc([N+](=O)[O-])cc1)P(=O)(O)O. The first-order valence-corrected chi connectivity index (χ1v) is 6.36. The molecule has 0 unspecified atom stereocenters.